The van der Waals surface area contributed by atoms with Crippen LogP contribution >= 0.6 is 0 Å². The summed E-state index contributed by atoms with van der Waals surface area (Å²) in [6.07, 6.45) is 4.83. The number of piperidine rings is 1. The highest BCUT2D eigenvalue weighted by Gasteiger charge is 2.35. The zero-order chi connectivity index (χ0) is 24.8. The second-order valence-electron chi connectivity index (χ2n) is 9.70. The molecule has 0 unspecified atom stereocenters. The van der Waals surface area contributed by atoms with Crippen LogP contribution in [0, 0.1) is 17.2 Å². The number of nitrogens with one attached hydrogen (secondary N) is 1. The normalized spacial score (nSPS) is 20.8. The molecule has 0 spiro atoms. The average molecular weight is 477 g/mol. The van der Waals surface area contributed by atoms with Crippen molar-refractivity contribution in [1.82, 2.24) is 4.90 Å². The van der Waals surface area contributed by atoms with Gasteiger partial charge in [0.2, 0.25) is 5.91 Å². The highest BCUT2D eigenvalue weighted by atomic mass is 16.5. The van der Waals surface area contributed by atoms with E-state index in [1.54, 1.807) is 0 Å². The van der Waals surface area contributed by atoms with Crippen molar-refractivity contribution in [2.75, 3.05) is 25.1 Å². The summed E-state index contributed by atoms with van der Waals surface area (Å²) < 4.78 is 4.95. The van der Waals surface area contributed by atoms with Crippen LogP contribution in [0.15, 0.2) is 54.6 Å². The Morgan fingerprint density at radius 3 is 2.14 bits per heavy atom. The van der Waals surface area contributed by atoms with Gasteiger partial charge in [0, 0.05) is 42.8 Å². The molecule has 1 aliphatic carbocycles. The molecule has 7 heteroatoms. The van der Waals surface area contributed by atoms with Crippen molar-refractivity contribution >= 4 is 23.4 Å². The molecule has 0 radical (unpaired) electrons. The van der Waals surface area contributed by atoms with E-state index in [1.165, 1.54) is 7.11 Å². The van der Waals surface area contributed by atoms with Crippen LogP contribution in [0.1, 0.15) is 49.7 Å². The number of methoxy groups -OCH3 is 1. The Morgan fingerprint density at radius 1 is 0.943 bits per heavy atom. The summed E-state index contributed by atoms with van der Waals surface area (Å²) in [5.41, 5.74) is 8.53. The molecule has 2 aromatic carbocycles. The van der Waals surface area contributed by atoms with Crippen LogP contribution in [0.5, 0.6) is 0 Å². The van der Waals surface area contributed by atoms with Gasteiger partial charge in [0.1, 0.15) is 5.84 Å². The first-order chi connectivity index (χ1) is 17.0. The maximum atomic E-state index is 13.8. The Morgan fingerprint density at radius 2 is 1.57 bits per heavy atom. The van der Waals surface area contributed by atoms with Gasteiger partial charge in [0.25, 0.3) is 0 Å². The van der Waals surface area contributed by atoms with Crippen molar-refractivity contribution < 1.29 is 14.3 Å². The number of benzene rings is 2. The Hall–Kier alpha value is -3.35. The average Bonchev–Trinajstić information content (AvgIpc) is 2.92. The van der Waals surface area contributed by atoms with Gasteiger partial charge in [-0.2, -0.15) is 0 Å². The van der Waals surface area contributed by atoms with Crippen LogP contribution in [-0.2, 0) is 20.9 Å². The second kappa shape index (κ2) is 11.4. The fourth-order valence-electron chi connectivity index (χ4n) is 5.43. The molecular formula is C28H36N4O3. The molecule has 1 aliphatic heterocycles. The van der Waals surface area contributed by atoms with E-state index in [0.29, 0.717) is 6.54 Å². The minimum atomic E-state index is -0.131. The topological polar surface area (TPSA) is 99.7 Å². The quantitative estimate of drug-likeness (QED) is 0.358. The van der Waals surface area contributed by atoms with Crippen LogP contribution in [-0.4, -0.2) is 48.9 Å². The molecule has 0 atom stereocenters. The number of amides is 1. The predicted molar refractivity (Wildman–Crippen MR) is 137 cm³/mol. The Labute approximate surface area is 207 Å². The van der Waals surface area contributed by atoms with E-state index in [2.05, 4.69) is 21.9 Å². The number of hydrogen-bond acceptors (Lipinski definition) is 5. The van der Waals surface area contributed by atoms with E-state index in [1.807, 2.05) is 42.5 Å². The van der Waals surface area contributed by atoms with Crippen LogP contribution in [0.2, 0.25) is 0 Å². The Balaban J connectivity index is 1.41. The first-order valence-electron chi connectivity index (χ1n) is 12.6. The van der Waals surface area contributed by atoms with E-state index in [4.69, 9.17) is 15.9 Å². The molecule has 2 fully saturated rings. The minimum Gasteiger partial charge on any atom is -0.469 e. The summed E-state index contributed by atoms with van der Waals surface area (Å²) in [6, 6.07) is 18.1. The number of ether oxygens (including phenoxy) is 1. The molecule has 3 N–H and O–H groups in total. The van der Waals surface area contributed by atoms with Crippen molar-refractivity contribution in [3.05, 3.63) is 65.7 Å². The van der Waals surface area contributed by atoms with Crippen molar-refractivity contribution in [3.63, 3.8) is 0 Å². The monoisotopic (exact) mass is 476 g/mol. The van der Waals surface area contributed by atoms with Crippen molar-refractivity contribution in [3.8, 4) is 0 Å². The number of anilines is 1. The number of hydrogen-bond donors (Lipinski definition) is 2. The first-order valence-corrected chi connectivity index (χ1v) is 12.6. The van der Waals surface area contributed by atoms with Gasteiger partial charge in [-0.1, -0.05) is 30.3 Å². The molecule has 7 nitrogen and oxygen atoms in total. The molecular weight excluding hydrogens is 440 g/mol. The van der Waals surface area contributed by atoms with E-state index in [0.717, 1.165) is 68.4 Å². The van der Waals surface area contributed by atoms with Gasteiger partial charge in [-0.25, -0.2) is 0 Å². The number of carbonyl (C=O) groups excluding carboxylic acids is 2. The number of amidine groups is 1. The van der Waals surface area contributed by atoms with Crippen LogP contribution in [0.4, 0.5) is 5.69 Å². The van der Waals surface area contributed by atoms with Crippen LogP contribution in [0.3, 0.4) is 0 Å². The standard InChI is InChI=1S/C28H36N4O3/c1-35-28(34)23-9-13-25(14-10-23)32(19-20-5-3-2-4-6-20)27(33)22-15-17-31(18-16-22)24-11-7-21(8-12-24)26(29)30/h2-8,11-12,22-23,25H,9-10,13-19H2,1H3,(H3,29,30). The summed E-state index contributed by atoms with van der Waals surface area (Å²) in [5, 5.41) is 7.57. The van der Waals surface area contributed by atoms with Crippen molar-refractivity contribution in [2.45, 2.75) is 51.1 Å². The molecule has 1 saturated heterocycles. The number of nitrogen functional groups attached to an aromatic ring is 1. The van der Waals surface area contributed by atoms with E-state index >= 15 is 0 Å². The van der Waals surface area contributed by atoms with Crippen LogP contribution in [0.25, 0.3) is 0 Å². The molecule has 2 aromatic rings. The molecule has 0 aromatic heterocycles. The van der Waals surface area contributed by atoms with Gasteiger partial charge < -0.3 is 20.3 Å². The maximum Gasteiger partial charge on any atom is 0.308 e. The largest absolute Gasteiger partial charge is 0.469 e. The van der Waals surface area contributed by atoms with E-state index in [-0.39, 0.29) is 35.6 Å². The third kappa shape index (κ3) is 6.02. The van der Waals surface area contributed by atoms with Gasteiger partial charge in [-0.15, -0.1) is 0 Å². The number of nitrogens with two attached hydrogens (primary N) is 1. The van der Waals surface area contributed by atoms with Crippen LogP contribution < -0.4 is 10.6 Å². The highest BCUT2D eigenvalue weighted by Crippen LogP contribution is 2.32. The molecule has 4 rings (SSSR count). The summed E-state index contributed by atoms with van der Waals surface area (Å²) in [4.78, 5) is 30.2. The van der Waals surface area contributed by atoms with E-state index < -0.39 is 0 Å². The maximum absolute atomic E-state index is 13.8. The Bertz CT molecular complexity index is 1010. The summed E-state index contributed by atoms with van der Waals surface area (Å²) >= 11 is 0. The SMILES string of the molecule is COC(=O)C1CCC(N(Cc2ccccc2)C(=O)C2CCN(c3ccc(C(=N)N)cc3)CC2)CC1. The minimum absolute atomic E-state index is 0.00443. The molecule has 0 bridgehead atoms. The molecule has 35 heavy (non-hydrogen) atoms. The predicted octanol–water partition coefficient (Wildman–Crippen LogP) is 3.95. The molecule has 1 heterocycles. The highest BCUT2D eigenvalue weighted by molar-refractivity contribution is 5.95. The van der Waals surface area contributed by atoms with Crippen molar-refractivity contribution in [2.24, 2.45) is 17.6 Å². The zero-order valence-electron chi connectivity index (χ0n) is 20.5. The van der Waals surface area contributed by atoms with E-state index in [9.17, 15) is 9.59 Å². The number of nitrogens with zero attached hydrogens (tertiary/aromatic N) is 2. The number of esters is 1. The number of carbonyl (C=O) groups is 2. The summed E-state index contributed by atoms with van der Waals surface area (Å²) in [6.45, 7) is 2.26. The summed E-state index contributed by atoms with van der Waals surface area (Å²) in [5.74, 6) is 0.127. The fraction of sp³-hybridized carbons (Fsp3) is 0.464. The van der Waals surface area contributed by atoms with Gasteiger partial charge in [0.15, 0.2) is 0 Å². The third-order valence-corrected chi connectivity index (χ3v) is 7.54. The second-order valence-corrected chi connectivity index (χ2v) is 9.70. The third-order valence-electron chi connectivity index (χ3n) is 7.54. The number of rotatable bonds is 7. The lowest BCUT2D eigenvalue weighted by Gasteiger charge is -2.40. The molecule has 2 aliphatic rings. The zero-order valence-corrected chi connectivity index (χ0v) is 20.5. The lowest BCUT2D eigenvalue weighted by molar-refractivity contribution is -0.147. The smallest absolute Gasteiger partial charge is 0.308 e. The van der Waals surface area contributed by atoms with Gasteiger partial charge >= 0.3 is 5.97 Å². The molecule has 186 valence electrons. The fourth-order valence-corrected chi connectivity index (χ4v) is 5.43. The molecule has 1 amide bonds. The van der Waals surface area contributed by atoms with Gasteiger partial charge in [-0.3, -0.25) is 15.0 Å². The molecule has 1 saturated carbocycles. The lowest BCUT2D eigenvalue weighted by Crippen LogP contribution is -2.47. The summed E-state index contributed by atoms with van der Waals surface area (Å²) in [7, 11) is 1.45. The van der Waals surface area contributed by atoms with Crippen molar-refractivity contribution in [1.29, 1.82) is 5.41 Å². The Kier molecular flexibility index (Phi) is 8.06. The van der Waals surface area contributed by atoms with Gasteiger partial charge in [0.05, 0.1) is 13.0 Å². The lowest BCUT2D eigenvalue weighted by atomic mass is 9.84. The van der Waals surface area contributed by atoms with Gasteiger partial charge in [-0.05, 0) is 68.4 Å². The first kappa shape index (κ1) is 24.8.